The van der Waals surface area contributed by atoms with Gasteiger partial charge >= 0.3 is 0 Å². The largest absolute Gasteiger partial charge is 0.396 e. The second kappa shape index (κ2) is 10.0. The summed E-state index contributed by atoms with van der Waals surface area (Å²) in [5.74, 6) is 0.719. The SMILES string of the molecule is CCCCCCCC[C@H](C)CCO. The van der Waals surface area contributed by atoms with Crippen molar-refractivity contribution < 1.29 is 5.11 Å². The molecule has 0 heterocycles. The lowest BCUT2D eigenvalue weighted by Crippen LogP contribution is -1.97. The van der Waals surface area contributed by atoms with Gasteiger partial charge in [-0.3, -0.25) is 0 Å². The molecule has 80 valence electrons. The quantitative estimate of drug-likeness (QED) is 0.544. The number of aliphatic hydroxyl groups is 1. The van der Waals surface area contributed by atoms with Crippen LogP contribution in [0.2, 0.25) is 0 Å². The van der Waals surface area contributed by atoms with Crippen molar-refractivity contribution in [3.8, 4) is 0 Å². The minimum absolute atomic E-state index is 0.358. The van der Waals surface area contributed by atoms with Crippen LogP contribution in [0.15, 0.2) is 0 Å². The summed E-state index contributed by atoms with van der Waals surface area (Å²) in [7, 11) is 0. The van der Waals surface area contributed by atoms with Crippen LogP contribution in [0.4, 0.5) is 0 Å². The van der Waals surface area contributed by atoms with Crippen molar-refractivity contribution in [1.82, 2.24) is 0 Å². The number of hydrogen-bond donors (Lipinski definition) is 1. The Bertz CT molecular complexity index is 91.1. The van der Waals surface area contributed by atoms with Crippen LogP contribution in [0.3, 0.4) is 0 Å². The summed E-state index contributed by atoms with van der Waals surface area (Å²) in [6.07, 6.45) is 10.6. The van der Waals surface area contributed by atoms with E-state index in [0.717, 1.165) is 12.3 Å². The third kappa shape index (κ3) is 9.88. The number of rotatable bonds is 9. The van der Waals surface area contributed by atoms with E-state index in [1.165, 1.54) is 44.9 Å². The molecule has 13 heavy (non-hydrogen) atoms. The molecule has 0 amide bonds. The minimum Gasteiger partial charge on any atom is -0.396 e. The Morgan fingerprint density at radius 1 is 0.923 bits per heavy atom. The van der Waals surface area contributed by atoms with Gasteiger partial charge in [-0.25, -0.2) is 0 Å². The normalized spacial score (nSPS) is 13.2. The first-order valence-electron chi connectivity index (χ1n) is 5.92. The van der Waals surface area contributed by atoms with Gasteiger partial charge in [0, 0.05) is 6.61 Å². The van der Waals surface area contributed by atoms with Crippen molar-refractivity contribution in [1.29, 1.82) is 0 Å². The van der Waals surface area contributed by atoms with Gasteiger partial charge in [-0.05, 0) is 12.3 Å². The third-order valence-corrected chi connectivity index (χ3v) is 2.67. The highest BCUT2D eigenvalue weighted by Gasteiger charge is 1.99. The summed E-state index contributed by atoms with van der Waals surface area (Å²) in [6, 6.07) is 0. The number of aliphatic hydroxyl groups excluding tert-OH is 1. The summed E-state index contributed by atoms with van der Waals surface area (Å²) in [5, 5.41) is 8.71. The van der Waals surface area contributed by atoms with Crippen LogP contribution >= 0.6 is 0 Å². The Kier molecular flexibility index (Phi) is 10.0. The topological polar surface area (TPSA) is 20.2 Å². The maximum absolute atomic E-state index is 8.71. The average Bonchev–Trinajstić information content (AvgIpc) is 2.11. The molecule has 1 heteroatoms. The first-order valence-corrected chi connectivity index (χ1v) is 5.92. The molecule has 0 aromatic heterocycles. The van der Waals surface area contributed by atoms with Gasteiger partial charge in [-0.1, -0.05) is 58.8 Å². The molecule has 0 unspecified atom stereocenters. The van der Waals surface area contributed by atoms with Crippen LogP contribution in [0.25, 0.3) is 0 Å². The van der Waals surface area contributed by atoms with Crippen LogP contribution in [0.5, 0.6) is 0 Å². The van der Waals surface area contributed by atoms with E-state index >= 15 is 0 Å². The van der Waals surface area contributed by atoms with E-state index in [2.05, 4.69) is 13.8 Å². The Labute approximate surface area is 83.5 Å². The Morgan fingerprint density at radius 2 is 1.54 bits per heavy atom. The van der Waals surface area contributed by atoms with Crippen LogP contribution in [0.1, 0.15) is 65.2 Å². The zero-order valence-corrected chi connectivity index (χ0v) is 9.39. The summed E-state index contributed by atoms with van der Waals surface area (Å²) >= 11 is 0. The van der Waals surface area contributed by atoms with Crippen LogP contribution < -0.4 is 0 Å². The molecule has 0 radical (unpaired) electrons. The van der Waals surface area contributed by atoms with Gasteiger partial charge in [0.15, 0.2) is 0 Å². The molecule has 0 rings (SSSR count). The molecule has 0 aromatic rings. The van der Waals surface area contributed by atoms with Crippen molar-refractivity contribution in [2.24, 2.45) is 5.92 Å². The minimum atomic E-state index is 0.358. The Balaban J connectivity index is 2.97. The van der Waals surface area contributed by atoms with E-state index in [0.29, 0.717) is 6.61 Å². The van der Waals surface area contributed by atoms with Crippen LogP contribution in [-0.4, -0.2) is 11.7 Å². The third-order valence-electron chi connectivity index (χ3n) is 2.67. The molecule has 0 saturated carbocycles. The van der Waals surface area contributed by atoms with Crippen LogP contribution in [-0.2, 0) is 0 Å². The predicted molar refractivity (Wildman–Crippen MR) is 58.9 cm³/mol. The van der Waals surface area contributed by atoms with Crippen molar-refractivity contribution in [2.75, 3.05) is 6.61 Å². The highest BCUT2D eigenvalue weighted by molar-refractivity contribution is 4.53. The molecule has 0 aromatic carbocycles. The van der Waals surface area contributed by atoms with E-state index < -0.39 is 0 Å². The van der Waals surface area contributed by atoms with Gasteiger partial charge in [0.1, 0.15) is 0 Å². The highest BCUT2D eigenvalue weighted by atomic mass is 16.2. The first-order chi connectivity index (χ1) is 6.31. The molecular weight excluding hydrogens is 160 g/mol. The lowest BCUT2D eigenvalue weighted by Gasteiger charge is -2.08. The van der Waals surface area contributed by atoms with Gasteiger partial charge in [0.2, 0.25) is 0 Å². The Hall–Kier alpha value is -0.0400. The molecule has 0 aliphatic heterocycles. The lowest BCUT2D eigenvalue weighted by molar-refractivity contribution is 0.256. The number of hydrogen-bond acceptors (Lipinski definition) is 1. The molecule has 0 saturated heterocycles. The number of unbranched alkanes of at least 4 members (excludes halogenated alkanes) is 5. The zero-order valence-electron chi connectivity index (χ0n) is 9.39. The molecule has 1 nitrogen and oxygen atoms in total. The standard InChI is InChI=1S/C12H26O/c1-3-4-5-6-7-8-9-12(2)10-11-13/h12-13H,3-11H2,1-2H3/t12-/m0/s1. The molecule has 0 aliphatic rings. The smallest absolute Gasteiger partial charge is 0.0433 e. The maximum atomic E-state index is 8.71. The van der Waals surface area contributed by atoms with E-state index in [9.17, 15) is 0 Å². The summed E-state index contributed by atoms with van der Waals surface area (Å²) in [6.45, 7) is 4.85. The summed E-state index contributed by atoms with van der Waals surface area (Å²) < 4.78 is 0. The first kappa shape index (κ1) is 13.0. The van der Waals surface area contributed by atoms with E-state index in [-0.39, 0.29) is 0 Å². The van der Waals surface area contributed by atoms with Gasteiger partial charge in [0.05, 0.1) is 0 Å². The lowest BCUT2D eigenvalue weighted by atomic mass is 9.99. The van der Waals surface area contributed by atoms with E-state index in [4.69, 9.17) is 5.11 Å². The average molecular weight is 186 g/mol. The van der Waals surface area contributed by atoms with Crippen molar-refractivity contribution in [3.05, 3.63) is 0 Å². The van der Waals surface area contributed by atoms with E-state index in [1.54, 1.807) is 0 Å². The van der Waals surface area contributed by atoms with Crippen molar-refractivity contribution in [3.63, 3.8) is 0 Å². The summed E-state index contributed by atoms with van der Waals surface area (Å²) in [4.78, 5) is 0. The van der Waals surface area contributed by atoms with Gasteiger partial charge in [-0.2, -0.15) is 0 Å². The van der Waals surface area contributed by atoms with Crippen molar-refractivity contribution >= 4 is 0 Å². The molecule has 1 N–H and O–H groups in total. The second-order valence-electron chi connectivity index (χ2n) is 4.17. The van der Waals surface area contributed by atoms with Crippen LogP contribution in [0, 0.1) is 5.92 Å². The molecule has 0 aliphatic carbocycles. The maximum Gasteiger partial charge on any atom is 0.0433 e. The molecule has 0 bridgehead atoms. The van der Waals surface area contributed by atoms with E-state index in [1.807, 2.05) is 0 Å². The molecule has 0 fully saturated rings. The monoisotopic (exact) mass is 186 g/mol. The molecule has 0 spiro atoms. The highest BCUT2D eigenvalue weighted by Crippen LogP contribution is 2.13. The van der Waals surface area contributed by atoms with Gasteiger partial charge in [-0.15, -0.1) is 0 Å². The molecule has 1 atom stereocenters. The van der Waals surface area contributed by atoms with Crippen molar-refractivity contribution in [2.45, 2.75) is 65.2 Å². The van der Waals surface area contributed by atoms with Gasteiger partial charge < -0.3 is 5.11 Å². The summed E-state index contributed by atoms with van der Waals surface area (Å²) in [5.41, 5.74) is 0. The predicted octanol–water partition coefficient (Wildman–Crippen LogP) is 3.76. The molecular formula is C12H26O. The van der Waals surface area contributed by atoms with Gasteiger partial charge in [0.25, 0.3) is 0 Å². The fraction of sp³-hybridized carbons (Fsp3) is 1.00. The fourth-order valence-corrected chi connectivity index (χ4v) is 1.64. The Morgan fingerprint density at radius 3 is 2.15 bits per heavy atom. The zero-order chi connectivity index (χ0) is 9.94. The second-order valence-corrected chi connectivity index (χ2v) is 4.17. The fourth-order valence-electron chi connectivity index (χ4n) is 1.64.